The van der Waals surface area contributed by atoms with E-state index in [1.54, 1.807) is 12.1 Å². The van der Waals surface area contributed by atoms with Gasteiger partial charge in [-0.15, -0.1) is 0 Å². The topological polar surface area (TPSA) is 46.5 Å². The maximum atomic E-state index is 10.8. The number of benzene rings is 1. The lowest BCUT2D eigenvalue weighted by atomic mass is 9.79. The summed E-state index contributed by atoms with van der Waals surface area (Å²) in [6.45, 7) is 11.9. The molecule has 112 valence electrons. The molecule has 0 saturated carbocycles. The number of aromatic hydroxyl groups is 1. The Bertz CT molecular complexity index is 472. The zero-order valence-corrected chi connectivity index (χ0v) is 13.8. The predicted octanol–water partition coefficient (Wildman–Crippen LogP) is 4.13. The Labute approximate surface area is 125 Å². The molecule has 1 rings (SSSR count). The van der Waals surface area contributed by atoms with Crippen LogP contribution in [0.25, 0.3) is 0 Å². The first-order valence-corrected chi connectivity index (χ1v) is 7.00. The van der Waals surface area contributed by atoms with Gasteiger partial charge in [0.15, 0.2) is 6.61 Å². The third-order valence-corrected chi connectivity index (χ3v) is 3.16. The summed E-state index contributed by atoms with van der Waals surface area (Å²) in [6.07, 6.45) is 0. The van der Waals surface area contributed by atoms with Crippen LogP contribution in [0.2, 0.25) is 0 Å². The second-order valence-electron chi connectivity index (χ2n) is 7.01. The molecule has 1 N–H and O–H groups in total. The van der Waals surface area contributed by atoms with Crippen molar-refractivity contribution < 1.29 is 14.6 Å². The fourth-order valence-electron chi connectivity index (χ4n) is 1.97. The van der Waals surface area contributed by atoms with Crippen LogP contribution >= 0.6 is 11.6 Å². The highest BCUT2D eigenvalue weighted by Gasteiger charge is 2.27. The molecule has 0 atom stereocenters. The van der Waals surface area contributed by atoms with Crippen LogP contribution in [0.15, 0.2) is 12.1 Å². The molecule has 0 saturated heterocycles. The fourth-order valence-corrected chi connectivity index (χ4v) is 2.03. The minimum absolute atomic E-state index is 0.181. The van der Waals surface area contributed by atoms with Gasteiger partial charge in [0.2, 0.25) is 0 Å². The van der Waals surface area contributed by atoms with Gasteiger partial charge in [0.05, 0.1) is 0 Å². The zero-order chi connectivity index (χ0) is 15.7. The number of hydrogen-bond acceptors (Lipinski definition) is 3. The van der Waals surface area contributed by atoms with Crippen LogP contribution in [0.5, 0.6) is 11.5 Å². The molecule has 0 amide bonds. The molecule has 1 aromatic rings. The highest BCUT2D eigenvalue weighted by molar-refractivity contribution is 6.63. The monoisotopic (exact) mass is 298 g/mol. The van der Waals surface area contributed by atoms with Crippen LogP contribution in [0.4, 0.5) is 0 Å². The Balaban J connectivity index is 3.38. The quantitative estimate of drug-likeness (QED) is 0.853. The van der Waals surface area contributed by atoms with Crippen LogP contribution in [0.1, 0.15) is 52.7 Å². The molecule has 4 heteroatoms. The number of hydrogen-bond donors (Lipinski definition) is 1. The molecule has 1 aromatic carbocycles. The summed E-state index contributed by atoms with van der Waals surface area (Å²) < 4.78 is 5.40. The van der Waals surface area contributed by atoms with Gasteiger partial charge in [-0.1, -0.05) is 41.5 Å². The lowest BCUT2D eigenvalue weighted by molar-refractivity contribution is -0.113. The minimum Gasteiger partial charge on any atom is -0.507 e. The molecule has 20 heavy (non-hydrogen) atoms. The van der Waals surface area contributed by atoms with Crippen molar-refractivity contribution >= 4 is 16.8 Å². The van der Waals surface area contributed by atoms with Crippen molar-refractivity contribution in [3.8, 4) is 11.5 Å². The van der Waals surface area contributed by atoms with E-state index in [1.165, 1.54) is 0 Å². The smallest absolute Gasteiger partial charge is 0.259 e. The standard InChI is InChI=1S/C16H23ClO3/c1-15(2,3)11-7-10(20-9-13(17)18)8-12(14(11)19)16(4,5)6/h7-8,19H,9H2,1-6H3. The summed E-state index contributed by atoms with van der Waals surface area (Å²) in [6, 6.07) is 3.54. The largest absolute Gasteiger partial charge is 0.507 e. The van der Waals surface area contributed by atoms with E-state index in [2.05, 4.69) is 0 Å². The van der Waals surface area contributed by atoms with Crippen LogP contribution in [0.3, 0.4) is 0 Å². The van der Waals surface area contributed by atoms with E-state index in [-0.39, 0.29) is 23.2 Å². The molecular weight excluding hydrogens is 276 g/mol. The van der Waals surface area contributed by atoms with Crippen molar-refractivity contribution in [1.82, 2.24) is 0 Å². The molecule has 0 unspecified atom stereocenters. The maximum Gasteiger partial charge on any atom is 0.259 e. The molecule has 0 bridgehead atoms. The van der Waals surface area contributed by atoms with Crippen molar-refractivity contribution in [2.45, 2.75) is 52.4 Å². The van der Waals surface area contributed by atoms with Crippen molar-refractivity contribution in [1.29, 1.82) is 0 Å². The first kappa shape index (κ1) is 16.8. The second-order valence-corrected chi connectivity index (χ2v) is 7.43. The summed E-state index contributed by atoms with van der Waals surface area (Å²) in [7, 11) is 0. The molecule has 3 nitrogen and oxygen atoms in total. The Hall–Kier alpha value is -1.22. The summed E-state index contributed by atoms with van der Waals surface area (Å²) in [5, 5.41) is 9.96. The van der Waals surface area contributed by atoms with Crippen LogP contribution in [0, 0.1) is 0 Å². The van der Waals surface area contributed by atoms with Crippen molar-refractivity contribution in [3.05, 3.63) is 23.3 Å². The molecule has 0 aromatic heterocycles. The Morgan fingerprint density at radius 3 is 1.80 bits per heavy atom. The summed E-state index contributed by atoms with van der Waals surface area (Å²) in [5.41, 5.74) is 1.13. The number of halogens is 1. The first-order chi connectivity index (χ1) is 8.93. The summed E-state index contributed by atoms with van der Waals surface area (Å²) in [4.78, 5) is 10.8. The molecule has 0 heterocycles. The Morgan fingerprint density at radius 2 is 1.50 bits per heavy atom. The van der Waals surface area contributed by atoms with Crippen molar-refractivity contribution in [2.75, 3.05) is 6.61 Å². The number of ether oxygens (including phenoxy) is 1. The molecule has 0 fully saturated rings. The first-order valence-electron chi connectivity index (χ1n) is 6.62. The highest BCUT2D eigenvalue weighted by atomic mass is 35.5. The van der Waals surface area contributed by atoms with Gasteiger partial charge >= 0.3 is 0 Å². The van der Waals surface area contributed by atoms with Gasteiger partial charge in [-0.25, -0.2) is 0 Å². The number of carbonyl (C=O) groups is 1. The molecule has 0 spiro atoms. The normalized spacial score (nSPS) is 12.3. The fraction of sp³-hybridized carbons (Fsp3) is 0.562. The second kappa shape index (κ2) is 5.65. The average molecular weight is 299 g/mol. The maximum absolute atomic E-state index is 10.8. The molecular formula is C16H23ClO3. The van der Waals surface area contributed by atoms with Crippen LogP contribution in [-0.4, -0.2) is 17.0 Å². The van der Waals surface area contributed by atoms with Crippen LogP contribution < -0.4 is 4.74 Å². The summed E-state index contributed by atoms with van der Waals surface area (Å²) in [5.74, 6) is 0.834. The SMILES string of the molecule is CC(C)(C)c1cc(OCC(=O)Cl)cc(C(C)(C)C)c1O. The van der Waals surface area contributed by atoms with E-state index in [0.717, 1.165) is 11.1 Å². The van der Waals surface area contributed by atoms with Gasteiger partial charge in [-0.3, -0.25) is 4.79 Å². The minimum atomic E-state index is -0.548. The van der Waals surface area contributed by atoms with Gasteiger partial charge in [-0.2, -0.15) is 0 Å². The van der Waals surface area contributed by atoms with Crippen molar-refractivity contribution in [3.63, 3.8) is 0 Å². The lowest BCUT2D eigenvalue weighted by Crippen LogP contribution is -2.18. The highest BCUT2D eigenvalue weighted by Crippen LogP contribution is 2.41. The van der Waals surface area contributed by atoms with E-state index in [0.29, 0.717) is 5.75 Å². The van der Waals surface area contributed by atoms with Gasteiger partial charge < -0.3 is 9.84 Å². The molecule has 0 aliphatic rings. The third kappa shape index (κ3) is 4.14. The predicted molar refractivity (Wildman–Crippen MR) is 81.9 cm³/mol. The zero-order valence-electron chi connectivity index (χ0n) is 13.0. The Kier molecular flexibility index (Phi) is 4.75. The van der Waals surface area contributed by atoms with Crippen LogP contribution in [-0.2, 0) is 15.6 Å². The molecule has 0 radical (unpaired) electrons. The van der Waals surface area contributed by atoms with Gasteiger partial charge in [-0.05, 0) is 34.6 Å². The van der Waals surface area contributed by atoms with E-state index >= 15 is 0 Å². The number of rotatable bonds is 3. The number of phenolic OH excluding ortho intramolecular Hbond substituents is 1. The van der Waals surface area contributed by atoms with Gasteiger partial charge in [0.1, 0.15) is 11.5 Å². The third-order valence-electron chi connectivity index (χ3n) is 3.05. The van der Waals surface area contributed by atoms with E-state index in [9.17, 15) is 9.90 Å². The lowest BCUT2D eigenvalue weighted by Gasteiger charge is -2.28. The Morgan fingerprint density at radius 1 is 1.10 bits per heavy atom. The average Bonchev–Trinajstić information content (AvgIpc) is 2.24. The summed E-state index contributed by atoms with van der Waals surface area (Å²) >= 11 is 5.31. The molecule has 0 aliphatic carbocycles. The molecule has 0 aliphatic heterocycles. The van der Waals surface area contributed by atoms with E-state index in [1.807, 2.05) is 41.5 Å². The van der Waals surface area contributed by atoms with Crippen molar-refractivity contribution in [2.24, 2.45) is 0 Å². The van der Waals surface area contributed by atoms with E-state index in [4.69, 9.17) is 16.3 Å². The number of phenols is 1. The van der Waals surface area contributed by atoms with Gasteiger partial charge in [0.25, 0.3) is 5.24 Å². The van der Waals surface area contributed by atoms with E-state index < -0.39 is 5.24 Å². The van der Waals surface area contributed by atoms with Gasteiger partial charge in [0, 0.05) is 11.1 Å². The number of carbonyl (C=O) groups excluding carboxylic acids is 1.